The lowest BCUT2D eigenvalue weighted by molar-refractivity contribution is -0.255. The van der Waals surface area contributed by atoms with Gasteiger partial charge in [0, 0.05) is 25.9 Å². The molecule has 2 N–H and O–H groups in total. The predicted molar refractivity (Wildman–Crippen MR) is 83.6 cm³/mol. The van der Waals surface area contributed by atoms with E-state index >= 15 is 0 Å². The van der Waals surface area contributed by atoms with Crippen molar-refractivity contribution in [2.75, 3.05) is 14.1 Å². The van der Waals surface area contributed by atoms with Crippen LogP contribution in [0.25, 0.3) is 11.1 Å². The molecule has 0 aliphatic carbocycles. The lowest BCUT2D eigenvalue weighted by Gasteiger charge is -2.13. The number of carbonyl (C=O) groups is 1. The van der Waals surface area contributed by atoms with Gasteiger partial charge in [-0.3, -0.25) is 0 Å². The predicted octanol–water partition coefficient (Wildman–Crippen LogP) is -1.18. The number of carbonyl (C=O) groups excluding carboxylic acids is 1. The highest BCUT2D eigenvalue weighted by atomic mass is 32.2. The third kappa shape index (κ3) is 3.19. The summed E-state index contributed by atoms with van der Waals surface area (Å²) < 4.78 is 48.3. The Labute approximate surface area is 139 Å². The molecule has 0 aliphatic rings. The van der Waals surface area contributed by atoms with Crippen LogP contribution in [0.4, 0.5) is 0 Å². The van der Waals surface area contributed by atoms with Crippen molar-refractivity contribution in [3.05, 3.63) is 42.2 Å². The molecule has 0 atom stereocenters. The second-order valence-electron chi connectivity index (χ2n) is 5.02. The van der Waals surface area contributed by atoms with Gasteiger partial charge >= 0.3 is 10.2 Å². The van der Waals surface area contributed by atoms with Crippen LogP contribution in [0.15, 0.2) is 41.4 Å². The fraction of sp³-hybridized carbons (Fsp3) is 0.154. The molecule has 0 amide bonds. The first-order valence-electron chi connectivity index (χ1n) is 6.45. The van der Waals surface area contributed by atoms with Gasteiger partial charge < -0.3 is 9.90 Å². The van der Waals surface area contributed by atoms with E-state index in [2.05, 4.69) is 0 Å². The summed E-state index contributed by atoms with van der Waals surface area (Å²) >= 11 is 0. The molecule has 130 valence electrons. The average Bonchev–Trinajstić information content (AvgIpc) is 2.92. The van der Waals surface area contributed by atoms with Crippen LogP contribution in [0.5, 0.6) is 0 Å². The molecule has 0 saturated carbocycles. The summed E-state index contributed by atoms with van der Waals surface area (Å²) in [6, 6.07) is 6.55. The van der Waals surface area contributed by atoms with E-state index < -0.39 is 31.9 Å². The molecule has 1 heterocycles. The SMILES string of the molecule is CN(C)S(=O)(=O)c1ccc(-c2ccn(S(N)(=O)=O)c2C(=O)[O-])cc1. The van der Waals surface area contributed by atoms with Gasteiger partial charge in [0.25, 0.3) is 0 Å². The number of hydrogen-bond acceptors (Lipinski definition) is 6. The minimum absolute atomic E-state index is 0.0112. The molecule has 0 saturated heterocycles. The van der Waals surface area contributed by atoms with Gasteiger partial charge in [0.05, 0.1) is 16.6 Å². The van der Waals surface area contributed by atoms with Gasteiger partial charge in [-0.2, -0.15) is 8.42 Å². The summed E-state index contributed by atoms with van der Waals surface area (Å²) in [6.45, 7) is 0. The second kappa shape index (κ2) is 6.02. The minimum Gasteiger partial charge on any atom is -0.543 e. The third-order valence-electron chi connectivity index (χ3n) is 3.26. The van der Waals surface area contributed by atoms with Crippen molar-refractivity contribution in [3.63, 3.8) is 0 Å². The Balaban J connectivity index is 2.59. The van der Waals surface area contributed by atoms with Crippen LogP contribution in [0.1, 0.15) is 10.5 Å². The maximum absolute atomic E-state index is 12.0. The van der Waals surface area contributed by atoms with Gasteiger partial charge in [0.2, 0.25) is 10.0 Å². The van der Waals surface area contributed by atoms with Crippen LogP contribution in [0.3, 0.4) is 0 Å². The lowest BCUT2D eigenvalue weighted by Crippen LogP contribution is -2.31. The number of aromatic nitrogens is 1. The Hall–Kier alpha value is -2.21. The zero-order valence-corrected chi connectivity index (χ0v) is 14.3. The van der Waals surface area contributed by atoms with E-state index in [9.17, 15) is 26.7 Å². The van der Waals surface area contributed by atoms with Crippen molar-refractivity contribution >= 4 is 26.2 Å². The fourth-order valence-corrected chi connectivity index (χ4v) is 3.64. The Kier molecular flexibility index (Phi) is 4.55. The number of nitrogens with two attached hydrogens (primary N) is 1. The van der Waals surface area contributed by atoms with Gasteiger partial charge in [-0.05, 0) is 23.8 Å². The molecule has 1 aromatic heterocycles. The fourth-order valence-electron chi connectivity index (χ4n) is 2.08. The van der Waals surface area contributed by atoms with Crippen molar-refractivity contribution in [2.24, 2.45) is 5.14 Å². The maximum Gasteiger partial charge on any atom is 0.302 e. The molecule has 0 bridgehead atoms. The Morgan fingerprint density at radius 2 is 1.62 bits per heavy atom. The van der Waals surface area contributed by atoms with Gasteiger partial charge in [0.15, 0.2) is 0 Å². The highest BCUT2D eigenvalue weighted by molar-refractivity contribution is 7.89. The topological polar surface area (TPSA) is 143 Å². The standard InChI is InChI=1S/C13H15N3O6S2/c1-15(2)23(19,20)10-5-3-9(4-6-10)11-7-8-16(24(14,21)22)12(11)13(17)18/h3-8H,1-2H3,(H,17,18)(H2,14,21,22)/p-1. The molecule has 0 fully saturated rings. The molecule has 11 heteroatoms. The first kappa shape index (κ1) is 18.1. The number of nitrogens with zero attached hydrogens (tertiary/aromatic N) is 2. The molecular weight excluding hydrogens is 358 g/mol. The number of carboxylic acid groups (broad SMARTS) is 1. The van der Waals surface area contributed by atoms with Crippen LogP contribution < -0.4 is 10.2 Å². The Morgan fingerprint density at radius 1 is 1.08 bits per heavy atom. The highest BCUT2D eigenvalue weighted by Crippen LogP contribution is 2.27. The lowest BCUT2D eigenvalue weighted by atomic mass is 10.1. The molecule has 0 aliphatic heterocycles. The van der Waals surface area contributed by atoms with Crippen LogP contribution in [-0.2, 0) is 20.2 Å². The molecule has 24 heavy (non-hydrogen) atoms. The van der Waals surface area contributed by atoms with Gasteiger partial charge in [-0.15, -0.1) is 0 Å². The summed E-state index contributed by atoms with van der Waals surface area (Å²) in [5, 5.41) is 16.2. The molecule has 0 spiro atoms. The summed E-state index contributed by atoms with van der Waals surface area (Å²) in [5.41, 5.74) is -0.298. The third-order valence-corrected chi connectivity index (χ3v) is 5.95. The minimum atomic E-state index is -4.32. The first-order chi connectivity index (χ1) is 11.0. The number of benzene rings is 1. The monoisotopic (exact) mass is 372 g/mol. The quantitative estimate of drug-likeness (QED) is 0.700. The highest BCUT2D eigenvalue weighted by Gasteiger charge is 2.20. The zero-order chi connectivity index (χ0) is 18.3. The van der Waals surface area contributed by atoms with E-state index in [1.807, 2.05) is 0 Å². The number of sulfonamides is 1. The molecule has 9 nitrogen and oxygen atoms in total. The van der Waals surface area contributed by atoms with E-state index in [1.165, 1.54) is 44.4 Å². The first-order valence-corrected chi connectivity index (χ1v) is 9.39. The number of rotatable bonds is 5. The van der Waals surface area contributed by atoms with Crippen LogP contribution in [0.2, 0.25) is 0 Å². The van der Waals surface area contributed by atoms with Crippen LogP contribution >= 0.6 is 0 Å². The van der Waals surface area contributed by atoms with Crippen molar-refractivity contribution in [3.8, 4) is 11.1 Å². The summed E-state index contributed by atoms with van der Waals surface area (Å²) in [6.07, 6.45) is 0.986. The van der Waals surface area contributed by atoms with Crippen LogP contribution in [0, 0.1) is 0 Å². The molecule has 0 unspecified atom stereocenters. The van der Waals surface area contributed by atoms with Gasteiger partial charge in [-0.1, -0.05) is 12.1 Å². The normalized spacial score (nSPS) is 12.5. The summed E-state index contributed by atoms with van der Waals surface area (Å²) in [4.78, 5) is 11.3. The number of aromatic carboxylic acids is 1. The van der Waals surface area contributed by atoms with Crippen molar-refractivity contribution in [1.29, 1.82) is 0 Å². The number of carboxylic acids is 1. The van der Waals surface area contributed by atoms with E-state index in [-0.39, 0.29) is 10.5 Å². The van der Waals surface area contributed by atoms with E-state index in [4.69, 9.17) is 5.14 Å². The molecule has 2 rings (SSSR count). The Bertz CT molecular complexity index is 989. The van der Waals surface area contributed by atoms with E-state index in [0.717, 1.165) is 10.5 Å². The Morgan fingerprint density at radius 3 is 2.04 bits per heavy atom. The van der Waals surface area contributed by atoms with Gasteiger partial charge in [0.1, 0.15) is 0 Å². The van der Waals surface area contributed by atoms with E-state index in [0.29, 0.717) is 9.54 Å². The summed E-state index contributed by atoms with van der Waals surface area (Å²) in [7, 11) is -5.19. The largest absolute Gasteiger partial charge is 0.543 e. The second-order valence-corrected chi connectivity index (χ2v) is 8.59. The smallest absolute Gasteiger partial charge is 0.302 e. The van der Waals surface area contributed by atoms with Crippen molar-refractivity contribution in [2.45, 2.75) is 4.90 Å². The number of hydrogen-bond donors (Lipinski definition) is 1. The molecule has 1 aromatic carbocycles. The van der Waals surface area contributed by atoms with Gasteiger partial charge in [-0.25, -0.2) is 21.8 Å². The molecule has 2 aromatic rings. The summed E-state index contributed by atoms with van der Waals surface area (Å²) in [5.74, 6) is -1.73. The van der Waals surface area contributed by atoms with E-state index in [1.54, 1.807) is 0 Å². The average molecular weight is 372 g/mol. The van der Waals surface area contributed by atoms with Crippen LogP contribution in [-0.4, -0.2) is 45.2 Å². The molecule has 0 radical (unpaired) electrons. The van der Waals surface area contributed by atoms with Crippen molar-refractivity contribution in [1.82, 2.24) is 8.28 Å². The molecular formula is C13H14N3O6S2-. The zero-order valence-electron chi connectivity index (χ0n) is 12.7. The van der Waals surface area contributed by atoms with Crippen molar-refractivity contribution < 1.29 is 26.7 Å². The maximum atomic E-state index is 12.0.